The molecule has 0 spiro atoms. The van der Waals surface area contributed by atoms with Crippen LogP contribution < -0.4 is 5.09 Å². The van der Waals surface area contributed by atoms with E-state index in [1.807, 2.05) is 6.92 Å². The minimum atomic E-state index is -3.21. The normalized spacial score (nSPS) is 13.8. The fraction of sp³-hybridized carbons (Fsp3) is 0.895. The van der Waals surface area contributed by atoms with Crippen LogP contribution in [-0.4, -0.2) is 38.6 Å². The van der Waals surface area contributed by atoms with Gasteiger partial charge in [-0.25, -0.2) is 0 Å². The van der Waals surface area contributed by atoms with Gasteiger partial charge >= 0.3 is 161 Å². The Morgan fingerprint density at radius 1 is 1.00 bits per heavy atom. The van der Waals surface area contributed by atoms with Crippen LogP contribution in [0.25, 0.3) is 0 Å². The maximum atomic E-state index is 12.4. The molecule has 0 rings (SSSR count). The molecule has 1 atom stereocenters. The van der Waals surface area contributed by atoms with Crippen LogP contribution in [0.3, 0.4) is 0 Å². The molecular formula is C19H42NO3PSn. The van der Waals surface area contributed by atoms with E-state index >= 15 is 0 Å². The first-order valence-corrected chi connectivity index (χ1v) is 19.6. The van der Waals surface area contributed by atoms with Gasteiger partial charge in [0.05, 0.1) is 0 Å². The standard InChI is InChI=1S/C7H15NO3P.3C4H9.Sn/c1-6(2)7(3)8-12(9,10-4)11-5;3*1-3-4-2;/h7H,1-2H2,3-5H3,(H,8,9);3*1,3-4H2,2H3;. The predicted octanol–water partition coefficient (Wildman–Crippen LogP) is 6.77. The summed E-state index contributed by atoms with van der Waals surface area (Å²) in [5, 5.41) is 3.03. The van der Waals surface area contributed by atoms with Gasteiger partial charge in [0, 0.05) is 0 Å². The number of hydrogen-bond acceptors (Lipinski definition) is 3. The van der Waals surface area contributed by atoms with Gasteiger partial charge in [-0.1, -0.05) is 0 Å². The third-order valence-corrected chi connectivity index (χ3v) is 22.4. The molecule has 0 saturated carbocycles. The van der Waals surface area contributed by atoms with Crippen LogP contribution in [0, 0.1) is 0 Å². The van der Waals surface area contributed by atoms with Crippen LogP contribution in [0.15, 0.2) is 12.2 Å². The zero-order valence-corrected chi connectivity index (χ0v) is 21.3. The topological polar surface area (TPSA) is 47.6 Å². The van der Waals surface area contributed by atoms with Gasteiger partial charge in [0.1, 0.15) is 0 Å². The first-order chi connectivity index (χ1) is 11.8. The van der Waals surface area contributed by atoms with Gasteiger partial charge < -0.3 is 0 Å². The second-order valence-corrected chi connectivity index (χ2v) is 23.2. The van der Waals surface area contributed by atoms with Crippen molar-refractivity contribution in [1.82, 2.24) is 5.09 Å². The summed E-state index contributed by atoms with van der Waals surface area (Å²) in [6.07, 6.45) is 7.90. The van der Waals surface area contributed by atoms with Crippen LogP contribution in [0.1, 0.15) is 66.2 Å². The maximum absolute atomic E-state index is 12.4. The average molecular weight is 482 g/mol. The third-order valence-electron chi connectivity index (χ3n) is 5.23. The quantitative estimate of drug-likeness (QED) is 0.150. The second-order valence-electron chi connectivity index (χ2n) is 7.36. The molecule has 0 aliphatic rings. The van der Waals surface area contributed by atoms with E-state index in [2.05, 4.69) is 32.4 Å². The molecular weight excluding hydrogens is 440 g/mol. The Morgan fingerprint density at radius 3 is 1.72 bits per heavy atom. The molecule has 0 aromatic carbocycles. The van der Waals surface area contributed by atoms with E-state index in [9.17, 15) is 4.57 Å². The summed E-state index contributed by atoms with van der Waals surface area (Å²) in [5.74, 6) is 0. The van der Waals surface area contributed by atoms with Crippen molar-refractivity contribution in [2.24, 2.45) is 0 Å². The SMILES string of the molecule is C=C([CH2][Sn]([CH2]CCC)([CH2]CCC)[CH2]CCC)C(C)NP(=O)(OC)OC. The summed E-state index contributed by atoms with van der Waals surface area (Å²) < 4.78 is 28.0. The molecule has 0 aliphatic heterocycles. The number of rotatable bonds is 16. The van der Waals surface area contributed by atoms with Crippen molar-refractivity contribution in [3.63, 3.8) is 0 Å². The van der Waals surface area contributed by atoms with E-state index in [1.165, 1.54) is 76.1 Å². The zero-order chi connectivity index (χ0) is 19.3. The van der Waals surface area contributed by atoms with Crippen molar-refractivity contribution in [2.75, 3.05) is 14.2 Å². The summed E-state index contributed by atoms with van der Waals surface area (Å²) in [7, 11) is -0.374. The van der Waals surface area contributed by atoms with Crippen molar-refractivity contribution >= 4 is 26.1 Å². The Morgan fingerprint density at radius 2 is 1.40 bits per heavy atom. The summed E-state index contributed by atoms with van der Waals surface area (Å²) in [6.45, 7) is 13.3. The molecule has 0 aromatic heterocycles. The molecule has 0 aliphatic carbocycles. The average Bonchev–Trinajstić information content (AvgIpc) is 2.62. The molecule has 0 bridgehead atoms. The van der Waals surface area contributed by atoms with Crippen LogP contribution in [-0.2, 0) is 13.6 Å². The molecule has 1 N–H and O–H groups in total. The van der Waals surface area contributed by atoms with Crippen molar-refractivity contribution in [2.45, 2.75) is 90.0 Å². The molecule has 0 radical (unpaired) electrons. The fourth-order valence-electron chi connectivity index (χ4n) is 3.44. The first kappa shape index (κ1) is 25.6. The summed E-state index contributed by atoms with van der Waals surface area (Å²) in [4.78, 5) is 0. The van der Waals surface area contributed by atoms with Gasteiger partial charge in [-0.3, -0.25) is 0 Å². The van der Waals surface area contributed by atoms with Gasteiger partial charge in [0.15, 0.2) is 0 Å². The molecule has 0 fully saturated rings. The molecule has 1 unspecified atom stereocenters. The Bertz CT molecular complexity index is 388. The third kappa shape index (κ3) is 9.95. The molecule has 4 nitrogen and oxygen atoms in total. The van der Waals surface area contributed by atoms with Gasteiger partial charge in [0.25, 0.3) is 0 Å². The number of nitrogens with one attached hydrogen (secondary N) is 1. The van der Waals surface area contributed by atoms with E-state index in [4.69, 9.17) is 9.05 Å². The van der Waals surface area contributed by atoms with Crippen LogP contribution in [0.5, 0.6) is 0 Å². The van der Waals surface area contributed by atoms with E-state index in [1.54, 1.807) is 0 Å². The molecule has 6 heteroatoms. The Labute approximate surface area is 161 Å². The number of unbranched alkanes of at least 4 members (excludes halogenated alkanes) is 3. The van der Waals surface area contributed by atoms with Gasteiger partial charge in [0.2, 0.25) is 0 Å². The van der Waals surface area contributed by atoms with Gasteiger partial charge in [-0.05, 0) is 0 Å². The molecule has 150 valence electrons. The van der Waals surface area contributed by atoms with E-state index in [0.717, 1.165) is 0 Å². The predicted molar refractivity (Wildman–Crippen MR) is 113 cm³/mol. The van der Waals surface area contributed by atoms with Crippen LogP contribution >= 0.6 is 7.75 Å². The molecule has 0 heterocycles. The van der Waals surface area contributed by atoms with Crippen molar-refractivity contribution in [3.05, 3.63) is 12.2 Å². The Balaban J connectivity index is 5.15. The summed E-state index contributed by atoms with van der Waals surface area (Å²) in [6, 6.07) is -0.0494. The van der Waals surface area contributed by atoms with Gasteiger partial charge in [-0.2, -0.15) is 0 Å². The van der Waals surface area contributed by atoms with E-state index in [0.29, 0.717) is 0 Å². The van der Waals surface area contributed by atoms with Crippen molar-refractivity contribution in [3.8, 4) is 0 Å². The van der Waals surface area contributed by atoms with Crippen molar-refractivity contribution < 1.29 is 13.6 Å². The first-order valence-electron chi connectivity index (χ1n) is 9.99. The Kier molecular flexibility index (Phi) is 14.1. The minimum absolute atomic E-state index is 0.0494. The fourth-order valence-corrected chi connectivity index (χ4v) is 21.2. The molecule has 25 heavy (non-hydrogen) atoms. The molecule has 0 saturated heterocycles. The van der Waals surface area contributed by atoms with E-state index in [-0.39, 0.29) is 6.04 Å². The second kappa shape index (κ2) is 13.8. The monoisotopic (exact) mass is 483 g/mol. The van der Waals surface area contributed by atoms with Gasteiger partial charge in [-0.15, -0.1) is 0 Å². The van der Waals surface area contributed by atoms with E-state index < -0.39 is 26.1 Å². The number of hydrogen-bond donors (Lipinski definition) is 1. The Hall–Kier alpha value is 0.649. The van der Waals surface area contributed by atoms with Crippen molar-refractivity contribution in [1.29, 1.82) is 0 Å². The molecule has 0 aromatic rings. The van der Waals surface area contributed by atoms with Crippen LogP contribution in [0.2, 0.25) is 17.7 Å². The van der Waals surface area contributed by atoms with Crippen LogP contribution in [0.4, 0.5) is 0 Å². The summed E-state index contributed by atoms with van der Waals surface area (Å²) in [5.41, 5.74) is 1.19. The summed E-state index contributed by atoms with van der Waals surface area (Å²) >= 11 is -2.27. The zero-order valence-electron chi connectivity index (χ0n) is 17.5. The molecule has 0 amide bonds.